The van der Waals surface area contributed by atoms with Gasteiger partial charge in [-0.25, -0.2) is 0 Å². The van der Waals surface area contributed by atoms with Gasteiger partial charge in [0, 0.05) is 5.56 Å². The molecule has 2 aliphatic rings. The lowest BCUT2D eigenvalue weighted by atomic mass is 9.99. The van der Waals surface area contributed by atoms with Crippen molar-refractivity contribution in [1.82, 2.24) is 4.90 Å². The molecule has 2 aliphatic heterocycles. The normalized spacial score (nSPS) is 17.3. The molecule has 0 aromatic heterocycles. The Morgan fingerprint density at radius 1 is 0.857 bits per heavy atom. The van der Waals surface area contributed by atoms with E-state index in [0.717, 1.165) is 22.3 Å². The Hall–Kier alpha value is -4.17. The second kappa shape index (κ2) is 8.88. The summed E-state index contributed by atoms with van der Waals surface area (Å²) in [5.74, 6) is -2.46. The SMILES string of the molecule is Cc1ccc(CN2C(=O)/C(=C3\SC(=O)N(CC(=O)O)C3=O)c3cc(-c4ccccc4)ccc32)cc1. The summed E-state index contributed by atoms with van der Waals surface area (Å²) in [5, 5.41) is 8.41. The number of thioether (sulfide) groups is 1. The molecule has 0 aliphatic carbocycles. The van der Waals surface area contributed by atoms with Crippen LogP contribution in [0.25, 0.3) is 16.7 Å². The Balaban J connectivity index is 1.64. The molecule has 3 aromatic carbocycles. The van der Waals surface area contributed by atoms with Crippen LogP contribution in [0.3, 0.4) is 0 Å². The van der Waals surface area contributed by atoms with Crippen molar-refractivity contribution in [2.75, 3.05) is 11.4 Å². The Bertz CT molecular complexity index is 1410. The van der Waals surface area contributed by atoms with Gasteiger partial charge in [0.15, 0.2) is 0 Å². The highest BCUT2D eigenvalue weighted by Gasteiger charge is 2.44. The Morgan fingerprint density at radius 2 is 1.57 bits per heavy atom. The second-order valence-electron chi connectivity index (χ2n) is 8.33. The summed E-state index contributed by atoms with van der Waals surface area (Å²) in [4.78, 5) is 52.6. The van der Waals surface area contributed by atoms with E-state index >= 15 is 0 Å². The molecule has 0 saturated carbocycles. The number of carbonyl (C=O) groups is 4. The molecule has 3 aromatic rings. The summed E-state index contributed by atoms with van der Waals surface area (Å²) in [5.41, 5.74) is 5.12. The molecule has 7 nitrogen and oxygen atoms in total. The standard InChI is InChI=1S/C27H20N2O5S/c1-16-7-9-17(10-8-16)14-28-21-12-11-19(18-5-3-2-4-6-18)13-20(21)23(25(28)32)24-26(33)29(15-22(30)31)27(34)35-24/h2-13H,14-15H2,1H3,(H,30,31)/b24-23-. The molecule has 35 heavy (non-hydrogen) atoms. The molecule has 8 heteroatoms. The number of nitrogens with zero attached hydrogens (tertiary/aromatic N) is 2. The molecule has 0 unspecified atom stereocenters. The number of rotatable bonds is 5. The van der Waals surface area contributed by atoms with Gasteiger partial charge in [0.05, 0.1) is 22.7 Å². The van der Waals surface area contributed by atoms with Gasteiger partial charge in [-0.1, -0.05) is 66.2 Å². The summed E-state index contributed by atoms with van der Waals surface area (Å²) in [6.45, 7) is 1.52. The van der Waals surface area contributed by atoms with Gasteiger partial charge in [-0.2, -0.15) is 0 Å². The number of hydrogen-bond donors (Lipinski definition) is 1. The van der Waals surface area contributed by atoms with Crippen LogP contribution < -0.4 is 4.90 Å². The van der Waals surface area contributed by atoms with Gasteiger partial charge >= 0.3 is 5.97 Å². The number of anilines is 1. The van der Waals surface area contributed by atoms with Gasteiger partial charge < -0.3 is 10.0 Å². The summed E-state index contributed by atoms with van der Waals surface area (Å²) >= 11 is 0.607. The van der Waals surface area contributed by atoms with Crippen molar-refractivity contribution < 1.29 is 24.3 Å². The zero-order valence-electron chi connectivity index (χ0n) is 18.7. The van der Waals surface area contributed by atoms with Gasteiger partial charge in [-0.3, -0.25) is 24.1 Å². The van der Waals surface area contributed by atoms with E-state index in [2.05, 4.69) is 0 Å². The van der Waals surface area contributed by atoms with Gasteiger partial charge in [0.25, 0.3) is 17.1 Å². The number of aryl methyl sites for hydroxylation is 1. The van der Waals surface area contributed by atoms with Gasteiger partial charge in [-0.15, -0.1) is 0 Å². The van der Waals surface area contributed by atoms with E-state index < -0.39 is 29.6 Å². The Labute approximate surface area is 205 Å². The minimum atomic E-state index is -1.30. The highest BCUT2D eigenvalue weighted by atomic mass is 32.2. The van der Waals surface area contributed by atoms with Crippen LogP contribution in [-0.4, -0.2) is 39.6 Å². The number of carboxylic acid groups (broad SMARTS) is 1. The fourth-order valence-corrected chi connectivity index (χ4v) is 5.14. The van der Waals surface area contributed by atoms with Crippen molar-refractivity contribution in [2.24, 2.45) is 0 Å². The molecular formula is C27H20N2O5S. The number of benzene rings is 3. The van der Waals surface area contributed by atoms with Crippen molar-refractivity contribution in [2.45, 2.75) is 13.5 Å². The molecule has 1 N–H and O–H groups in total. The van der Waals surface area contributed by atoms with Gasteiger partial charge in [0.1, 0.15) is 6.54 Å². The number of carbonyl (C=O) groups excluding carboxylic acids is 3. The van der Waals surface area contributed by atoms with Crippen LogP contribution in [0.15, 0.2) is 77.7 Å². The first-order valence-corrected chi connectivity index (χ1v) is 11.7. The van der Waals surface area contributed by atoms with E-state index in [4.69, 9.17) is 5.11 Å². The van der Waals surface area contributed by atoms with E-state index in [9.17, 15) is 19.2 Å². The molecule has 2 heterocycles. The van der Waals surface area contributed by atoms with E-state index in [1.54, 1.807) is 4.90 Å². The highest BCUT2D eigenvalue weighted by Crippen LogP contribution is 2.46. The lowest BCUT2D eigenvalue weighted by Gasteiger charge is -2.18. The third-order valence-electron chi connectivity index (χ3n) is 5.95. The minimum absolute atomic E-state index is 0.0425. The van der Waals surface area contributed by atoms with Gasteiger partial charge in [-0.05, 0) is 47.5 Å². The largest absolute Gasteiger partial charge is 0.480 e. The molecule has 0 atom stereocenters. The first-order valence-electron chi connectivity index (χ1n) is 10.9. The second-order valence-corrected chi connectivity index (χ2v) is 9.29. The lowest BCUT2D eigenvalue weighted by Crippen LogP contribution is -2.33. The van der Waals surface area contributed by atoms with Crippen molar-refractivity contribution >= 4 is 46.0 Å². The molecule has 0 bridgehead atoms. The van der Waals surface area contributed by atoms with Crippen LogP contribution >= 0.6 is 11.8 Å². The minimum Gasteiger partial charge on any atom is -0.480 e. The summed E-state index contributed by atoms with van der Waals surface area (Å²) in [7, 11) is 0. The van der Waals surface area contributed by atoms with Gasteiger partial charge in [0.2, 0.25) is 0 Å². The predicted octanol–water partition coefficient (Wildman–Crippen LogP) is 4.70. The molecule has 3 amide bonds. The van der Waals surface area contributed by atoms with Crippen molar-refractivity contribution in [1.29, 1.82) is 0 Å². The fraction of sp³-hybridized carbons (Fsp3) is 0.111. The Kier molecular flexibility index (Phi) is 5.74. The average molecular weight is 485 g/mol. The molecular weight excluding hydrogens is 464 g/mol. The molecule has 0 radical (unpaired) electrons. The maximum Gasteiger partial charge on any atom is 0.323 e. The van der Waals surface area contributed by atoms with E-state index in [-0.39, 0.29) is 10.5 Å². The number of imide groups is 1. The molecule has 1 fully saturated rings. The molecule has 1 saturated heterocycles. The maximum atomic E-state index is 13.7. The number of amides is 3. The van der Waals surface area contributed by atoms with Crippen LogP contribution in [0.2, 0.25) is 0 Å². The summed E-state index contributed by atoms with van der Waals surface area (Å²) in [6.07, 6.45) is 0. The summed E-state index contributed by atoms with van der Waals surface area (Å²) < 4.78 is 0. The number of hydrogen-bond acceptors (Lipinski definition) is 5. The van der Waals surface area contributed by atoms with Crippen LogP contribution in [-0.2, 0) is 20.9 Å². The zero-order chi connectivity index (χ0) is 24.7. The quantitative estimate of drug-likeness (QED) is 0.528. The fourth-order valence-electron chi connectivity index (χ4n) is 4.21. The van der Waals surface area contributed by atoms with Crippen LogP contribution in [0.4, 0.5) is 10.5 Å². The summed E-state index contributed by atoms with van der Waals surface area (Å²) in [6, 6.07) is 23.1. The monoisotopic (exact) mass is 484 g/mol. The van der Waals surface area contributed by atoms with Crippen molar-refractivity contribution in [3.63, 3.8) is 0 Å². The van der Waals surface area contributed by atoms with Crippen LogP contribution in [0.5, 0.6) is 0 Å². The van der Waals surface area contributed by atoms with Crippen LogP contribution in [0, 0.1) is 6.92 Å². The number of fused-ring (bicyclic) bond motifs is 1. The average Bonchev–Trinajstić information content (AvgIpc) is 3.27. The molecule has 5 rings (SSSR count). The molecule has 0 spiro atoms. The molecule has 174 valence electrons. The number of aliphatic carboxylic acids is 1. The van der Waals surface area contributed by atoms with Crippen LogP contribution in [0.1, 0.15) is 16.7 Å². The van der Waals surface area contributed by atoms with E-state index in [0.29, 0.717) is 34.5 Å². The maximum absolute atomic E-state index is 13.7. The zero-order valence-corrected chi connectivity index (χ0v) is 19.5. The van der Waals surface area contributed by atoms with Crippen molar-refractivity contribution in [3.05, 3.63) is 94.4 Å². The highest BCUT2D eigenvalue weighted by molar-refractivity contribution is 8.18. The van der Waals surface area contributed by atoms with E-state index in [1.165, 1.54) is 0 Å². The third-order valence-corrected chi connectivity index (χ3v) is 6.93. The first kappa shape index (κ1) is 22.6. The predicted molar refractivity (Wildman–Crippen MR) is 134 cm³/mol. The number of carboxylic acids is 1. The smallest absolute Gasteiger partial charge is 0.323 e. The third kappa shape index (κ3) is 4.13. The van der Waals surface area contributed by atoms with Crippen molar-refractivity contribution in [3.8, 4) is 11.1 Å². The first-order chi connectivity index (χ1) is 16.8. The topological polar surface area (TPSA) is 95.0 Å². The Morgan fingerprint density at radius 3 is 2.26 bits per heavy atom. The van der Waals surface area contributed by atoms with E-state index in [1.807, 2.05) is 79.7 Å². The lowest BCUT2D eigenvalue weighted by molar-refractivity contribution is -0.140.